The van der Waals surface area contributed by atoms with E-state index < -0.39 is 11.7 Å². The number of aromatic nitrogens is 3. The van der Waals surface area contributed by atoms with Crippen LogP contribution in [0.2, 0.25) is 0 Å². The number of nitrogens with one attached hydrogen (secondary N) is 3. The van der Waals surface area contributed by atoms with Crippen LogP contribution in [0.3, 0.4) is 0 Å². The Morgan fingerprint density at radius 3 is 2.39 bits per heavy atom. The van der Waals surface area contributed by atoms with Crippen LogP contribution in [0.5, 0.6) is 11.6 Å². The van der Waals surface area contributed by atoms with Crippen LogP contribution in [0.4, 0.5) is 4.39 Å². The van der Waals surface area contributed by atoms with Gasteiger partial charge in [0.15, 0.2) is 0 Å². The summed E-state index contributed by atoms with van der Waals surface area (Å²) in [4.78, 5) is 35.9. The predicted molar refractivity (Wildman–Crippen MR) is 222 cm³/mol. The Labute approximate surface area is 339 Å². The van der Waals surface area contributed by atoms with Gasteiger partial charge in [-0.3, -0.25) is 24.1 Å². The third kappa shape index (κ3) is 10.1. The van der Waals surface area contributed by atoms with Crippen molar-refractivity contribution in [1.82, 2.24) is 40.5 Å². The summed E-state index contributed by atoms with van der Waals surface area (Å²) >= 11 is 2.01. The predicted octanol–water partition coefficient (Wildman–Crippen LogP) is 6.41. The van der Waals surface area contributed by atoms with Crippen molar-refractivity contribution in [2.24, 2.45) is 0 Å². The topological polar surface area (TPSA) is 117 Å². The number of amides is 2. The van der Waals surface area contributed by atoms with E-state index in [4.69, 9.17) is 4.74 Å². The molecular formula is C44H55FN8O3S. The number of pyridine rings is 1. The Balaban J connectivity index is 0.930. The van der Waals surface area contributed by atoms with Gasteiger partial charge >= 0.3 is 0 Å². The first-order valence-corrected chi connectivity index (χ1v) is 21.9. The smallest absolute Gasteiger partial charge is 0.272 e. The highest BCUT2D eigenvalue weighted by molar-refractivity contribution is 7.99. The van der Waals surface area contributed by atoms with Crippen molar-refractivity contribution < 1.29 is 18.7 Å². The molecule has 11 nitrogen and oxygen atoms in total. The fourth-order valence-corrected chi connectivity index (χ4v) is 9.91. The Morgan fingerprint density at radius 1 is 0.877 bits per heavy atom. The lowest BCUT2D eigenvalue weighted by atomic mass is 9.91. The van der Waals surface area contributed by atoms with Crippen LogP contribution in [0.1, 0.15) is 90.0 Å². The summed E-state index contributed by atoms with van der Waals surface area (Å²) in [5.41, 5.74) is 6.38. The van der Waals surface area contributed by atoms with Crippen LogP contribution in [-0.4, -0.2) is 98.2 Å². The van der Waals surface area contributed by atoms with Crippen molar-refractivity contribution in [3.05, 3.63) is 94.7 Å². The number of hydrogen-bond donors (Lipinski definition) is 3. The van der Waals surface area contributed by atoms with Gasteiger partial charge < -0.3 is 20.7 Å². The summed E-state index contributed by atoms with van der Waals surface area (Å²) in [6.45, 7) is 11.3. The summed E-state index contributed by atoms with van der Waals surface area (Å²) in [6, 6.07) is 18.6. The summed E-state index contributed by atoms with van der Waals surface area (Å²) in [7, 11) is 0. The molecule has 0 spiro atoms. The standard InChI is InChI=1S/C44H55FN8O3S/c1-29-25-52(26-30(2)47-29)27-31-9-14-39(33(20-31)28-51-16-18-57-19-17-51)32-6-5-8-38(21-32)56-44-40(22-34(45)24-46-44)42(54)48-35-10-12-36(13-11-35)49-43(55)41-23-37-7-3-4-15-53(37)50-41/h5-6,8-9,14,20-24,29-30,35-36,47H,3-4,7,10-13,15-19,25-28H2,1-2H3,(H,48,54)(H,49,55)/t29-,30+,35-,36-. The number of carbonyl (C=O) groups excluding carboxylic acids is 2. The zero-order valence-electron chi connectivity index (χ0n) is 33.1. The molecule has 0 radical (unpaired) electrons. The van der Waals surface area contributed by atoms with Crippen LogP contribution in [0.15, 0.2) is 60.8 Å². The van der Waals surface area contributed by atoms with Crippen molar-refractivity contribution in [3.63, 3.8) is 0 Å². The number of thioether (sulfide) groups is 1. The number of benzene rings is 2. The van der Waals surface area contributed by atoms with E-state index in [1.165, 1.54) is 17.2 Å². The van der Waals surface area contributed by atoms with E-state index in [1.807, 2.05) is 40.7 Å². The number of fused-ring (bicyclic) bond motifs is 1. The normalized spacial score (nSPS) is 23.1. The number of halogens is 1. The molecule has 4 aromatic rings. The molecule has 57 heavy (non-hydrogen) atoms. The van der Waals surface area contributed by atoms with Crippen LogP contribution in [0, 0.1) is 5.82 Å². The van der Waals surface area contributed by atoms with E-state index in [9.17, 15) is 14.0 Å². The Morgan fingerprint density at radius 2 is 1.63 bits per heavy atom. The van der Waals surface area contributed by atoms with Gasteiger partial charge in [-0.15, -0.1) is 0 Å². The average molecular weight is 795 g/mol. The van der Waals surface area contributed by atoms with Crippen LogP contribution < -0.4 is 20.7 Å². The molecule has 3 aliphatic heterocycles. The maximum Gasteiger partial charge on any atom is 0.272 e. The number of piperazine rings is 1. The monoisotopic (exact) mass is 794 g/mol. The zero-order chi connectivity index (χ0) is 39.3. The van der Waals surface area contributed by atoms with Gasteiger partial charge in [-0.05, 0) is 105 Å². The molecule has 2 atom stereocenters. The number of rotatable bonds is 11. The van der Waals surface area contributed by atoms with E-state index in [-0.39, 0.29) is 29.4 Å². The highest BCUT2D eigenvalue weighted by Gasteiger charge is 2.28. The lowest BCUT2D eigenvalue weighted by Gasteiger charge is -2.36. The minimum absolute atomic E-state index is 0.00168. The van der Waals surface area contributed by atoms with Crippen molar-refractivity contribution >= 4 is 23.6 Å². The largest absolute Gasteiger partial charge is 0.438 e. The lowest BCUT2D eigenvalue weighted by molar-refractivity contribution is 0.0887. The van der Waals surface area contributed by atoms with E-state index in [2.05, 4.69) is 73.9 Å². The fourth-order valence-electron chi connectivity index (χ4n) is 8.93. The lowest BCUT2D eigenvalue weighted by Crippen LogP contribution is -2.53. The third-order valence-corrected chi connectivity index (χ3v) is 12.6. The molecule has 0 bridgehead atoms. The molecule has 2 aromatic carbocycles. The molecule has 8 rings (SSSR count). The summed E-state index contributed by atoms with van der Waals surface area (Å²) in [6.07, 6.45) is 7.04. The number of nitrogens with zero attached hydrogens (tertiary/aromatic N) is 5. The van der Waals surface area contributed by atoms with Gasteiger partial charge in [-0.1, -0.05) is 30.3 Å². The van der Waals surface area contributed by atoms with Gasteiger partial charge in [0.1, 0.15) is 22.8 Å². The first kappa shape index (κ1) is 39.5. The van der Waals surface area contributed by atoms with Crippen molar-refractivity contribution in [1.29, 1.82) is 0 Å². The molecule has 3 fully saturated rings. The first-order chi connectivity index (χ1) is 27.7. The summed E-state index contributed by atoms with van der Waals surface area (Å²) in [5.74, 6) is 1.66. The summed E-state index contributed by atoms with van der Waals surface area (Å²) in [5, 5.41) is 14.4. The number of aryl methyl sites for hydroxylation is 2. The van der Waals surface area contributed by atoms with Gasteiger partial charge in [-0.25, -0.2) is 9.37 Å². The minimum Gasteiger partial charge on any atom is -0.438 e. The van der Waals surface area contributed by atoms with E-state index in [1.54, 1.807) is 0 Å². The molecule has 2 saturated heterocycles. The van der Waals surface area contributed by atoms with Crippen molar-refractivity contribution in [2.75, 3.05) is 37.7 Å². The molecule has 4 aliphatic rings. The van der Waals surface area contributed by atoms with Gasteiger partial charge in [0.25, 0.3) is 11.8 Å². The Bertz CT molecular complexity index is 2010. The van der Waals surface area contributed by atoms with E-state index in [0.717, 1.165) is 112 Å². The Hall–Kier alpha value is -4.30. The van der Waals surface area contributed by atoms with Crippen molar-refractivity contribution in [2.45, 2.75) is 103 Å². The SMILES string of the molecule is C[C@@H]1CN(Cc2ccc(-c3cccc(Oc4ncc(F)cc4C(=O)N[C@H]4CC[C@H](NC(=O)c5cc6n(n5)CCCC6)CC4)c3)c(CN3CCSCC3)c2)C[C@H](C)N1. The maximum absolute atomic E-state index is 14.6. The van der Waals surface area contributed by atoms with Gasteiger partial charge in [0.2, 0.25) is 5.88 Å². The molecular weight excluding hydrogens is 740 g/mol. The van der Waals surface area contributed by atoms with E-state index in [0.29, 0.717) is 36.4 Å². The summed E-state index contributed by atoms with van der Waals surface area (Å²) < 4.78 is 22.8. The molecule has 1 saturated carbocycles. The quantitative estimate of drug-likeness (QED) is 0.158. The second-order valence-electron chi connectivity index (χ2n) is 16.4. The average Bonchev–Trinajstić information content (AvgIpc) is 3.65. The molecule has 2 aromatic heterocycles. The maximum atomic E-state index is 14.6. The van der Waals surface area contributed by atoms with Gasteiger partial charge in [-0.2, -0.15) is 16.9 Å². The highest BCUT2D eigenvalue weighted by Crippen LogP contribution is 2.33. The molecule has 3 N–H and O–H groups in total. The molecule has 13 heteroatoms. The second kappa shape index (κ2) is 18.1. The number of ether oxygens (including phenoxy) is 1. The molecule has 302 valence electrons. The number of carbonyl (C=O) groups is 2. The van der Waals surface area contributed by atoms with Crippen LogP contribution in [0.25, 0.3) is 11.1 Å². The second-order valence-corrected chi connectivity index (χ2v) is 17.6. The number of hydrogen-bond acceptors (Lipinski definition) is 9. The fraction of sp³-hybridized carbons (Fsp3) is 0.500. The van der Waals surface area contributed by atoms with Gasteiger partial charge in [0, 0.05) is 87.2 Å². The third-order valence-electron chi connectivity index (χ3n) is 11.7. The Kier molecular flexibility index (Phi) is 12.5. The molecule has 2 amide bonds. The zero-order valence-corrected chi connectivity index (χ0v) is 34.0. The first-order valence-electron chi connectivity index (χ1n) is 20.7. The van der Waals surface area contributed by atoms with Gasteiger partial charge in [0.05, 0.1) is 6.20 Å². The molecule has 0 unspecified atom stereocenters. The minimum atomic E-state index is -0.612. The molecule has 5 heterocycles. The van der Waals surface area contributed by atoms with Crippen LogP contribution in [-0.2, 0) is 26.1 Å². The van der Waals surface area contributed by atoms with Crippen molar-refractivity contribution in [3.8, 4) is 22.8 Å². The highest BCUT2D eigenvalue weighted by atomic mass is 32.2. The van der Waals surface area contributed by atoms with E-state index >= 15 is 0 Å². The van der Waals surface area contributed by atoms with Crippen LogP contribution >= 0.6 is 11.8 Å². The molecule has 1 aliphatic carbocycles.